The quantitative estimate of drug-likeness (QED) is 0.718. The summed E-state index contributed by atoms with van der Waals surface area (Å²) in [6, 6.07) is 0. The summed E-state index contributed by atoms with van der Waals surface area (Å²) in [7, 11) is -2.87. The molecule has 2 fully saturated rings. The molecule has 0 radical (unpaired) electrons. The Morgan fingerprint density at radius 2 is 1.71 bits per heavy atom. The first-order valence-corrected chi connectivity index (χ1v) is 7.27. The van der Waals surface area contributed by atoms with E-state index in [1.807, 2.05) is 0 Å². The fraction of sp³-hybridized carbons (Fsp3) is 1.00. The van der Waals surface area contributed by atoms with Gasteiger partial charge in [0.1, 0.15) is 0 Å². The van der Waals surface area contributed by atoms with Crippen LogP contribution in [-0.4, -0.2) is 25.0 Å². The SMILES string of the molecule is NC1([C@H]2CCCS2(=O)=O)CCCCC1. The van der Waals surface area contributed by atoms with Crippen LogP contribution in [0.1, 0.15) is 44.9 Å². The molecule has 1 saturated carbocycles. The number of nitrogens with two attached hydrogens (primary N) is 1. The van der Waals surface area contributed by atoms with Gasteiger partial charge in [-0.2, -0.15) is 0 Å². The van der Waals surface area contributed by atoms with Crippen LogP contribution in [0.2, 0.25) is 0 Å². The van der Waals surface area contributed by atoms with Crippen molar-refractivity contribution in [3.05, 3.63) is 0 Å². The first-order chi connectivity index (χ1) is 6.55. The van der Waals surface area contributed by atoms with Gasteiger partial charge < -0.3 is 5.73 Å². The second-order valence-electron chi connectivity index (χ2n) is 4.79. The van der Waals surface area contributed by atoms with E-state index >= 15 is 0 Å². The third kappa shape index (κ3) is 1.70. The summed E-state index contributed by atoms with van der Waals surface area (Å²) >= 11 is 0. The van der Waals surface area contributed by atoms with Gasteiger partial charge >= 0.3 is 0 Å². The second kappa shape index (κ2) is 3.49. The van der Waals surface area contributed by atoms with Crippen LogP contribution in [0.3, 0.4) is 0 Å². The van der Waals surface area contributed by atoms with Gasteiger partial charge in [0.25, 0.3) is 0 Å². The lowest BCUT2D eigenvalue weighted by atomic mass is 9.79. The molecule has 0 aromatic heterocycles. The fourth-order valence-corrected chi connectivity index (χ4v) is 5.30. The fourth-order valence-electron chi connectivity index (χ4n) is 2.97. The Kier molecular flexibility index (Phi) is 2.60. The van der Waals surface area contributed by atoms with Gasteiger partial charge in [0.2, 0.25) is 0 Å². The van der Waals surface area contributed by atoms with E-state index in [2.05, 4.69) is 0 Å². The Bertz CT molecular complexity index is 304. The third-order valence-electron chi connectivity index (χ3n) is 3.75. The molecule has 0 spiro atoms. The van der Waals surface area contributed by atoms with Crippen molar-refractivity contribution in [2.75, 3.05) is 5.75 Å². The average Bonchev–Trinajstić information content (AvgIpc) is 2.47. The van der Waals surface area contributed by atoms with Gasteiger partial charge in [0, 0.05) is 5.54 Å². The number of hydrogen-bond acceptors (Lipinski definition) is 3. The molecular formula is C10H19NO2S. The van der Waals surface area contributed by atoms with Crippen molar-refractivity contribution in [1.82, 2.24) is 0 Å². The van der Waals surface area contributed by atoms with Crippen LogP contribution in [0.5, 0.6) is 0 Å². The zero-order chi connectivity index (χ0) is 10.2. The maximum atomic E-state index is 11.8. The molecule has 2 rings (SSSR count). The van der Waals surface area contributed by atoms with Crippen molar-refractivity contribution >= 4 is 9.84 Å². The van der Waals surface area contributed by atoms with Crippen molar-refractivity contribution in [3.63, 3.8) is 0 Å². The molecule has 82 valence electrons. The van der Waals surface area contributed by atoms with E-state index < -0.39 is 15.4 Å². The van der Waals surface area contributed by atoms with Crippen molar-refractivity contribution in [2.24, 2.45) is 5.73 Å². The minimum atomic E-state index is -2.87. The minimum absolute atomic E-state index is 0.240. The van der Waals surface area contributed by atoms with Crippen molar-refractivity contribution < 1.29 is 8.42 Å². The van der Waals surface area contributed by atoms with Crippen LogP contribution in [0.25, 0.3) is 0 Å². The maximum Gasteiger partial charge on any atom is 0.154 e. The maximum absolute atomic E-state index is 11.8. The molecule has 4 heteroatoms. The molecule has 1 saturated heterocycles. The first-order valence-electron chi connectivity index (χ1n) is 5.55. The Hall–Kier alpha value is -0.0900. The Balaban J connectivity index is 2.20. The predicted molar refractivity (Wildman–Crippen MR) is 56.8 cm³/mol. The van der Waals surface area contributed by atoms with E-state index in [9.17, 15) is 8.42 Å². The normalized spacial score (nSPS) is 35.6. The van der Waals surface area contributed by atoms with Crippen LogP contribution in [0.15, 0.2) is 0 Å². The Morgan fingerprint density at radius 1 is 1.07 bits per heavy atom. The largest absolute Gasteiger partial charge is 0.324 e. The molecule has 1 heterocycles. The highest BCUT2D eigenvalue weighted by Crippen LogP contribution is 2.37. The average molecular weight is 217 g/mol. The lowest BCUT2D eigenvalue weighted by Crippen LogP contribution is -2.53. The summed E-state index contributed by atoms with van der Waals surface area (Å²) in [5, 5.41) is -0.240. The first kappa shape index (κ1) is 10.4. The molecule has 14 heavy (non-hydrogen) atoms. The minimum Gasteiger partial charge on any atom is -0.324 e. The smallest absolute Gasteiger partial charge is 0.154 e. The highest BCUT2D eigenvalue weighted by atomic mass is 32.2. The van der Waals surface area contributed by atoms with Gasteiger partial charge in [0.05, 0.1) is 11.0 Å². The van der Waals surface area contributed by atoms with Crippen LogP contribution in [0.4, 0.5) is 0 Å². The number of sulfone groups is 1. The second-order valence-corrected chi connectivity index (χ2v) is 7.09. The Labute approximate surface area is 86.0 Å². The van der Waals surface area contributed by atoms with Gasteiger partial charge in [-0.15, -0.1) is 0 Å². The summed E-state index contributed by atoms with van der Waals surface area (Å²) in [6.45, 7) is 0. The summed E-state index contributed by atoms with van der Waals surface area (Å²) in [4.78, 5) is 0. The van der Waals surface area contributed by atoms with Crippen molar-refractivity contribution in [1.29, 1.82) is 0 Å². The topological polar surface area (TPSA) is 60.2 Å². The molecule has 1 aliphatic heterocycles. The molecule has 2 N–H and O–H groups in total. The van der Waals surface area contributed by atoms with E-state index in [0.29, 0.717) is 5.75 Å². The van der Waals surface area contributed by atoms with Crippen LogP contribution < -0.4 is 5.73 Å². The molecule has 3 nitrogen and oxygen atoms in total. The molecule has 0 amide bonds. The zero-order valence-electron chi connectivity index (χ0n) is 8.54. The summed E-state index contributed by atoms with van der Waals surface area (Å²) < 4.78 is 23.6. The van der Waals surface area contributed by atoms with Crippen molar-refractivity contribution in [2.45, 2.75) is 55.7 Å². The highest BCUT2D eigenvalue weighted by Gasteiger charge is 2.46. The molecule has 1 atom stereocenters. The lowest BCUT2D eigenvalue weighted by molar-refractivity contribution is 0.279. The van der Waals surface area contributed by atoms with E-state index in [1.165, 1.54) is 6.42 Å². The van der Waals surface area contributed by atoms with Gasteiger partial charge in [-0.05, 0) is 25.7 Å². The number of hydrogen-bond donors (Lipinski definition) is 1. The van der Waals surface area contributed by atoms with E-state index in [-0.39, 0.29) is 5.25 Å². The molecule has 0 unspecified atom stereocenters. The van der Waals surface area contributed by atoms with Crippen LogP contribution >= 0.6 is 0 Å². The highest BCUT2D eigenvalue weighted by molar-refractivity contribution is 7.92. The van der Waals surface area contributed by atoms with Crippen LogP contribution in [0, 0.1) is 0 Å². The molecule has 0 aromatic rings. The van der Waals surface area contributed by atoms with E-state index in [1.54, 1.807) is 0 Å². The lowest BCUT2D eigenvalue weighted by Gasteiger charge is -2.37. The molecule has 2 aliphatic rings. The van der Waals surface area contributed by atoms with E-state index in [4.69, 9.17) is 5.73 Å². The molecule has 0 bridgehead atoms. The summed E-state index contributed by atoms with van der Waals surface area (Å²) in [6.07, 6.45) is 6.81. The van der Waals surface area contributed by atoms with Crippen molar-refractivity contribution in [3.8, 4) is 0 Å². The van der Waals surface area contributed by atoms with Gasteiger partial charge in [-0.25, -0.2) is 8.42 Å². The predicted octanol–water partition coefficient (Wildman–Crippen LogP) is 1.23. The van der Waals surface area contributed by atoms with Gasteiger partial charge in [0.15, 0.2) is 9.84 Å². The van der Waals surface area contributed by atoms with Gasteiger partial charge in [-0.1, -0.05) is 19.3 Å². The van der Waals surface area contributed by atoms with Crippen LogP contribution in [-0.2, 0) is 9.84 Å². The summed E-state index contributed by atoms with van der Waals surface area (Å²) in [5.74, 6) is 0.358. The Morgan fingerprint density at radius 3 is 2.21 bits per heavy atom. The zero-order valence-corrected chi connectivity index (χ0v) is 9.35. The standard InChI is InChI=1S/C10H19NO2S/c11-10(6-2-1-3-7-10)9-5-4-8-14(9,12)13/h9H,1-8,11H2/t9-/m1/s1. The van der Waals surface area contributed by atoms with Gasteiger partial charge in [-0.3, -0.25) is 0 Å². The van der Waals surface area contributed by atoms with E-state index in [0.717, 1.165) is 38.5 Å². The molecule has 1 aliphatic carbocycles. The summed E-state index contributed by atoms with van der Waals surface area (Å²) in [5.41, 5.74) is 5.87. The molecular weight excluding hydrogens is 198 g/mol. The monoisotopic (exact) mass is 217 g/mol. The number of rotatable bonds is 1. The third-order valence-corrected chi connectivity index (χ3v) is 6.18. The molecule has 0 aromatic carbocycles.